The number of carbonyl (C=O) groups excluding carboxylic acids is 4. The van der Waals surface area contributed by atoms with Gasteiger partial charge in [0, 0.05) is 6.42 Å². The fourth-order valence-corrected chi connectivity index (χ4v) is 2.04. The number of piperidine rings is 1. The van der Waals surface area contributed by atoms with Gasteiger partial charge in [-0.25, -0.2) is 0 Å². The van der Waals surface area contributed by atoms with Crippen molar-refractivity contribution in [2.75, 3.05) is 13.2 Å². The second-order valence-corrected chi connectivity index (χ2v) is 5.49. The van der Waals surface area contributed by atoms with Gasteiger partial charge in [-0.3, -0.25) is 24.1 Å². The molecular weight excluding hydrogens is 290 g/mol. The first kappa shape index (κ1) is 18.1. The van der Waals surface area contributed by atoms with Gasteiger partial charge in [-0.15, -0.1) is 0 Å². The molecule has 0 radical (unpaired) electrons. The molecular formula is C14H23N3O5. The number of amides is 3. The zero-order chi connectivity index (χ0) is 16.9. The Labute approximate surface area is 129 Å². The average Bonchev–Trinajstić information content (AvgIpc) is 2.45. The fourth-order valence-electron chi connectivity index (χ4n) is 2.04. The van der Waals surface area contributed by atoms with Crippen molar-refractivity contribution in [3.63, 3.8) is 0 Å². The van der Waals surface area contributed by atoms with E-state index in [1.165, 1.54) is 0 Å². The maximum absolute atomic E-state index is 12.2. The summed E-state index contributed by atoms with van der Waals surface area (Å²) in [6.07, 6.45) is 0.278. The molecule has 1 fully saturated rings. The molecule has 22 heavy (non-hydrogen) atoms. The zero-order valence-corrected chi connectivity index (χ0v) is 13.1. The fraction of sp³-hybridized carbons (Fsp3) is 0.714. The van der Waals surface area contributed by atoms with E-state index in [4.69, 9.17) is 10.5 Å². The molecule has 124 valence electrons. The molecule has 1 rings (SSSR count). The molecule has 2 atom stereocenters. The third-order valence-electron chi connectivity index (χ3n) is 3.44. The lowest BCUT2D eigenvalue weighted by Gasteiger charge is -2.31. The third kappa shape index (κ3) is 4.52. The summed E-state index contributed by atoms with van der Waals surface area (Å²) in [6, 6.07) is -1.58. The molecule has 1 aliphatic heterocycles. The van der Waals surface area contributed by atoms with E-state index < -0.39 is 42.3 Å². The normalized spacial score (nSPS) is 20.0. The number of hydrogen-bond acceptors (Lipinski definition) is 6. The number of ether oxygens (including phenoxy) is 1. The van der Waals surface area contributed by atoms with E-state index in [-0.39, 0.29) is 25.4 Å². The minimum absolute atomic E-state index is 0.0732. The van der Waals surface area contributed by atoms with E-state index in [1.54, 1.807) is 20.8 Å². The smallest absolute Gasteiger partial charge is 0.326 e. The highest BCUT2D eigenvalue weighted by Crippen LogP contribution is 2.14. The number of carbonyl (C=O) groups is 4. The van der Waals surface area contributed by atoms with Crippen molar-refractivity contribution in [3.8, 4) is 0 Å². The average molecular weight is 313 g/mol. The van der Waals surface area contributed by atoms with Crippen LogP contribution in [0.5, 0.6) is 0 Å². The van der Waals surface area contributed by atoms with Crippen molar-refractivity contribution in [3.05, 3.63) is 0 Å². The van der Waals surface area contributed by atoms with E-state index in [1.807, 2.05) is 0 Å². The third-order valence-corrected chi connectivity index (χ3v) is 3.44. The molecule has 1 aliphatic rings. The summed E-state index contributed by atoms with van der Waals surface area (Å²) in [5, 5.41) is 2.55. The number of hydrogen-bond donors (Lipinski definition) is 2. The van der Waals surface area contributed by atoms with E-state index in [0.717, 1.165) is 4.90 Å². The molecule has 0 unspecified atom stereocenters. The lowest BCUT2D eigenvalue weighted by Crippen LogP contribution is -2.58. The predicted octanol–water partition coefficient (Wildman–Crippen LogP) is -0.833. The van der Waals surface area contributed by atoms with Gasteiger partial charge >= 0.3 is 5.97 Å². The minimum Gasteiger partial charge on any atom is -0.465 e. The van der Waals surface area contributed by atoms with Gasteiger partial charge in [0.2, 0.25) is 11.8 Å². The van der Waals surface area contributed by atoms with Crippen LogP contribution in [0.1, 0.15) is 33.6 Å². The standard InChI is InChI=1S/C14H23N3O5/c1-4-22-11(19)7-17-10(18)6-5-9(14(17)21)16-13(20)12(15)8(2)3/h8-9,12H,4-7,15H2,1-3H3,(H,16,20)/t9-,12-/m0/s1. The van der Waals surface area contributed by atoms with Gasteiger partial charge in [0.25, 0.3) is 5.91 Å². The molecule has 0 aromatic carbocycles. The highest BCUT2D eigenvalue weighted by molar-refractivity contribution is 6.04. The van der Waals surface area contributed by atoms with Crippen LogP contribution in [-0.2, 0) is 23.9 Å². The van der Waals surface area contributed by atoms with Crippen molar-refractivity contribution in [1.29, 1.82) is 0 Å². The molecule has 1 heterocycles. The van der Waals surface area contributed by atoms with E-state index in [0.29, 0.717) is 0 Å². The summed E-state index contributed by atoms with van der Waals surface area (Å²) < 4.78 is 4.73. The Morgan fingerprint density at radius 2 is 2.05 bits per heavy atom. The zero-order valence-electron chi connectivity index (χ0n) is 13.1. The van der Waals surface area contributed by atoms with Crippen molar-refractivity contribution in [2.45, 2.75) is 45.7 Å². The number of nitrogens with one attached hydrogen (secondary N) is 1. The van der Waals surface area contributed by atoms with Gasteiger partial charge in [-0.05, 0) is 19.3 Å². The summed E-state index contributed by atoms with van der Waals surface area (Å²) in [4.78, 5) is 48.2. The number of esters is 1. The van der Waals surface area contributed by atoms with E-state index in [2.05, 4.69) is 5.32 Å². The summed E-state index contributed by atoms with van der Waals surface area (Å²) in [6.45, 7) is 4.95. The first-order valence-corrected chi connectivity index (χ1v) is 7.33. The molecule has 3 N–H and O–H groups in total. The molecule has 0 aliphatic carbocycles. The first-order valence-electron chi connectivity index (χ1n) is 7.33. The van der Waals surface area contributed by atoms with Gasteiger partial charge < -0.3 is 15.8 Å². The highest BCUT2D eigenvalue weighted by atomic mass is 16.5. The van der Waals surface area contributed by atoms with Gasteiger partial charge in [0.05, 0.1) is 12.6 Å². The number of nitrogens with zero attached hydrogens (tertiary/aromatic N) is 1. The van der Waals surface area contributed by atoms with Crippen LogP contribution in [0.2, 0.25) is 0 Å². The molecule has 8 nitrogen and oxygen atoms in total. The molecule has 3 amide bonds. The predicted molar refractivity (Wildman–Crippen MR) is 77.3 cm³/mol. The molecule has 0 aromatic rings. The van der Waals surface area contributed by atoms with Crippen LogP contribution in [0.3, 0.4) is 0 Å². The van der Waals surface area contributed by atoms with Crippen LogP contribution < -0.4 is 11.1 Å². The summed E-state index contributed by atoms with van der Waals surface area (Å²) >= 11 is 0. The molecule has 0 saturated carbocycles. The maximum Gasteiger partial charge on any atom is 0.326 e. The van der Waals surface area contributed by atoms with Crippen molar-refractivity contribution >= 4 is 23.7 Å². The largest absolute Gasteiger partial charge is 0.465 e. The maximum atomic E-state index is 12.2. The van der Waals surface area contributed by atoms with Crippen molar-refractivity contribution in [1.82, 2.24) is 10.2 Å². The highest BCUT2D eigenvalue weighted by Gasteiger charge is 2.37. The Bertz CT molecular complexity index is 463. The second kappa shape index (κ2) is 7.88. The number of imide groups is 1. The summed E-state index contributed by atoms with van der Waals surface area (Å²) in [7, 11) is 0. The number of likely N-dealkylation sites (tertiary alicyclic amines) is 1. The molecule has 0 bridgehead atoms. The number of nitrogens with two attached hydrogens (primary N) is 1. The van der Waals surface area contributed by atoms with Gasteiger partial charge in [0.15, 0.2) is 0 Å². The quantitative estimate of drug-likeness (QED) is 0.488. The van der Waals surface area contributed by atoms with Gasteiger partial charge in [-0.2, -0.15) is 0 Å². The summed E-state index contributed by atoms with van der Waals surface area (Å²) in [5.41, 5.74) is 5.73. The molecule has 0 aromatic heterocycles. The Morgan fingerprint density at radius 1 is 1.41 bits per heavy atom. The topological polar surface area (TPSA) is 119 Å². The van der Waals surface area contributed by atoms with Gasteiger partial charge in [0.1, 0.15) is 12.6 Å². The number of rotatable bonds is 6. The van der Waals surface area contributed by atoms with Crippen LogP contribution in [0.15, 0.2) is 0 Å². The Kier molecular flexibility index (Phi) is 6.48. The van der Waals surface area contributed by atoms with Crippen LogP contribution in [0, 0.1) is 5.92 Å². The van der Waals surface area contributed by atoms with Crippen LogP contribution >= 0.6 is 0 Å². The molecule has 1 saturated heterocycles. The van der Waals surface area contributed by atoms with Crippen LogP contribution in [0.4, 0.5) is 0 Å². The van der Waals surface area contributed by atoms with Crippen LogP contribution in [-0.4, -0.2) is 53.8 Å². The Balaban J connectivity index is 2.71. The molecule has 0 spiro atoms. The van der Waals surface area contributed by atoms with E-state index >= 15 is 0 Å². The van der Waals surface area contributed by atoms with Crippen molar-refractivity contribution < 1.29 is 23.9 Å². The summed E-state index contributed by atoms with van der Waals surface area (Å²) in [5.74, 6) is -2.23. The van der Waals surface area contributed by atoms with E-state index in [9.17, 15) is 19.2 Å². The monoisotopic (exact) mass is 313 g/mol. The Morgan fingerprint density at radius 3 is 2.59 bits per heavy atom. The van der Waals surface area contributed by atoms with Crippen LogP contribution in [0.25, 0.3) is 0 Å². The van der Waals surface area contributed by atoms with Gasteiger partial charge in [-0.1, -0.05) is 13.8 Å². The molecule has 8 heteroatoms. The lowest BCUT2D eigenvalue weighted by atomic mass is 10.0. The minimum atomic E-state index is -0.843. The Hall–Kier alpha value is -1.96. The SMILES string of the molecule is CCOC(=O)CN1C(=O)CC[C@H](NC(=O)[C@@H](N)C(C)C)C1=O. The van der Waals surface area contributed by atoms with Crippen molar-refractivity contribution in [2.24, 2.45) is 11.7 Å². The first-order chi connectivity index (χ1) is 10.3. The lowest BCUT2D eigenvalue weighted by molar-refractivity contribution is -0.159. The second-order valence-electron chi connectivity index (χ2n) is 5.49.